The molecule has 2 rings (SSSR count). The second kappa shape index (κ2) is 5.26. The minimum absolute atomic E-state index is 0.110. The van der Waals surface area contributed by atoms with Crippen LogP contribution in [0.4, 0.5) is 4.79 Å². The maximum atomic E-state index is 12.4. The summed E-state index contributed by atoms with van der Waals surface area (Å²) in [7, 11) is 0. The normalized spacial score (nSPS) is 27.2. The largest absolute Gasteiger partial charge is 0.481 e. The van der Waals surface area contributed by atoms with E-state index in [9.17, 15) is 14.7 Å². The molecule has 2 fully saturated rings. The highest BCUT2D eigenvalue weighted by Gasteiger charge is 2.44. The molecule has 1 heterocycles. The Hall–Kier alpha value is -1.26. The van der Waals surface area contributed by atoms with Gasteiger partial charge in [-0.25, -0.2) is 4.79 Å². The van der Waals surface area contributed by atoms with Crippen molar-refractivity contribution >= 4 is 12.0 Å². The van der Waals surface area contributed by atoms with Crippen LogP contribution in [0.1, 0.15) is 52.9 Å². The summed E-state index contributed by atoms with van der Waals surface area (Å²) in [6.07, 6.45) is 4.33. The monoisotopic (exact) mass is 282 g/mol. The van der Waals surface area contributed by atoms with E-state index >= 15 is 0 Å². The lowest BCUT2D eigenvalue weighted by Crippen LogP contribution is -2.56. The Kier molecular flexibility index (Phi) is 3.98. The van der Waals surface area contributed by atoms with Gasteiger partial charge in [-0.3, -0.25) is 4.79 Å². The minimum Gasteiger partial charge on any atom is -0.481 e. The van der Waals surface area contributed by atoms with Crippen LogP contribution in [-0.4, -0.2) is 40.6 Å². The van der Waals surface area contributed by atoms with Crippen molar-refractivity contribution in [2.45, 2.75) is 58.4 Å². The average molecular weight is 282 g/mol. The lowest BCUT2D eigenvalue weighted by molar-refractivity contribution is -0.152. The van der Waals surface area contributed by atoms with Gasteiger partial charge in [0, 0.05) is 18.6 Å². The molecule has 0 bridgehead atoms. The van der Waals surface area contributed by atoms with Crippen LogP contribution in [0.3, 0.4) is 0 Å². The molecule has 1 saturated heterocycles. The van der Waals surface area contributed by atoms with Gasteiger partial charge in [-0.05, 0) is 51.9 Å². The van der Waals surface area contributed by atoms with Gasteiger partial charge >= 0.3 is 12.0 Å². The van der Waals surface area contributed by atoms with E-state index in [1.54, 1.807) is 4.90 Å². The van der Waals surface area contributed by atoms with Gasteiger partial charge in [0.25, 0.3) is 0 Å². The molecule has 0 radical (unpaired) electrons. The maximum Gasteiger partial charge on any atom is 0.317 e. The van der Waals surface area contributed by atoms with Crippen LogP contribution in [0.2, 0.25) is 0 Å². The highest BCUT2D eigenvalue weighted by Crippen LogP contribution is 2.39. The van der Waals surface area contributed by atoms with E-state index in [1.165, 1.54) is 12.8 Å². The summed E-state index contributed by atoms with van der Waals surface area (Å²) < 4.78 is 0. The summed E-state index contributed by atoms with van der Waals surface area (Å²) >= 11 is 0. The second-order valence-electron chi connectivity index (χ2n) is 6.89. The fraction of sp³-hybridized carbons (Fsp3) is 0.867. The van der Waals surface area contributed by atoms with E-state index in [0.717, 1.165) is 6.42 Å². The van der Waals surface area contributed by atoms with Gasteiger partial charge in [0.05, 0.1) is 5.41 Å². The number of hydrogen-bond acceptors (Lipinski definition) is 2. The van der Waals surface area contributed by atoms with Gasteiger partial charge in [-0.1, -0.05) is 6.92 Å². The highest BCUT2D eigenvalue weighted by molar-refractivity contribution is 5.79. The van der Waals surface area contributed by atoms with Crippen molar-refractivity contribution in [1.82, 2.24) is 10.2 Å². The number of carbonyl (C=O) groups excluding carboxylic acids is 1. The fourth-order valence-corrected chi connectivity index (χ4v) is 3.18. The average Bonchev–Trinajstić information content (AvgIpc) is 3.22. The smallest absolute Gasteiger partial charge is 0.317 e. The van der Waals surface area contributed by atoms with E-state index in [-0.39, 0.29) is 11.6 Å². The maximum absolute atomic E-state index is 12.4. The third-order valence-electron chi connectivity index (χ3n) is 5.02. The quantitative estimate of drug-likeness (QED) is 0.832. The van der Waals surface area contributed by atoms with Gasteiger partial charge < -0.3 is 15.3 Å². The number of amides is 2. The van der Waals surface area contributed by atoms with Gasteiger partial charge in [-0.15, -0.1) is 0 Å². The van der Waals surface area contributed by atoms with Crippen LogP contribution in [0, 0.1) is 11.3 Å². The molecule has 1 unspecified atom stereocenters. The van der Waals surface area contributed by atoms with E-state index in [1.807, 2.05) is 6.92 Å². The Morgan fingerprint density at radius 1 is 1.40 bits per heavy atom. The summed E-state index contributed by atoms with van der Waals surface area (Å²) in [5.41, 5.74) is -0.952. The van der Waals surface area contributed by atoms with E-state index in [0.29, 0.717) is 31.8 Å². The minimum atomic E-state index is -0.779. The zero-order valence-electron chi connectivity index (χ0n) is 12.7. The third kappa shape index (κ3) is 2.91. The molecule has 1 aliphatic carbocycles. The number of aliphatic carboxylic acids is 1. The van der Waals surface area contributed by atoms with E-state index in [4.69, 9.17) is 0 Å². The van der Waals surface area contributed by atoms with Crippen LogP contribution < -0.4 is 5.32 Å². The van der Waals surface area contributed by atoms with E-state index in [2.05, 4.69) is 19.2 Å². The lowest BCUT2D eigenvalue weighted by atomic mass is 9.78. The second-order valence-corrected chi connectivity index (χ2v) is 6.89. The highest BCUT2D eigenvalue weighted by atomic mass is 16.4. The fourth-order valence-electron chi connectivity index (χ4n) is 3.18. The summed E-state index contributed by atoms with van der Waals surface area (Å²) in [6.45, 7) is 6.98. The molecule has 0 aromatic heterocycles. The molecule has 20 heavy (non-hydrogen) atoms. The first-order valence-corrected chi connectivity index (χ1v) is 7.61. The Labute approximate surface area is 120 Å². The van der Waals surface area contributed by atoms with Crippen molar-refractivity contribution in [3.8, 4) is 0 Å². The predicted octanol–water partition coefficient (Wildman–Crippen LogP) is 2.46. The molecule has 5 heteroatoms. The van der Waals surface area contributed by atoms with Crippen LogP contribution in [-0.2, 0) is 4.79 Å². The molecule has 2 amide bonds. The number of likely N-dealkylation sites (tertiary alicyclic amines) is 1. The van der Waals surface area contributed by atoms with Crippen LogP contribution in [0.5, 0.6) is 0 Å². The van der Waals surface area contributed by atoms with Crippen LogP contribution in [0.25, 0.3) is 0 Å². The lowest BCUT2D eigenvalue weighted by Gasteiger charge is -2.40. The van der Waals surface area contributed by atoms with Crippen molar-refractivity contribution in [3.63, 3.8) is 0 Å². The number of nitrogens with one attached hydrogen (secondary N) is 1. The molecule has 2 N–H and O–H groups in total. The zero-order chi connectivity index (χ0) is 15.0. The third-order valence-corrected chi connectivity index (χ3v) is 5.02. The SMILES string of the molecule is CCC1(C(=O)O)CCCN(C(=O)NC(C)(C)C2CC2)C1. The molecule has 2 aliphatic rings. The van der Waals surface area contributed by atoms with Crippen molar-refractivity contribution in [2.75, 3.05) is 13.1 Å². The number of carboxylic acid groups (broad SMARTS) is 1. The standard InChI is InChI=1S/C15H26N2O3/c1-4-15(12(18)19)8-5-9-17(10-15)13(20)16-14(2,3)11-6-7-11/h11H,4-10H2,1-3H3,(H,16,20)(H,18,19). The van der Waals surface area contributed by atoms with E-state index < -0.39 is 11.4 Å². The summed E-state index contributed by atoms with van der Waals surface area (Å²) in [6, 6.07) is -0.110. The van der Waals surface area contributed by atoms with Crippen molar-refractivity contribution in [2.24, 2.45) is 11.3 Å². The predicted molar refractivity (Wildman–Crippen MR) is 76.5 cm³/mol. The topological polar surface area (TPSA) is 69.6 Å². The summed E-state index contributed by atoms with van der Waals surface area (Å²) in [4.78, 5) is 25.6. The Morgan fingerprint density at radius 2 is 2.05 bits per heavy atom. The molecule has 1 atom stereocenters. The number of rotatable bonds is 4. The molecule has 0 spiro atoms. The molecular weight excluding hydrogens is 256 g/mol. The summed E-state index contributed by atoms with van der Waals surface area (Å²) in [5.74, 6) is -0.217. The van der Waals surface area contributed by atoms with Crippen LogP contribution >= 0.6 is 0 Å². The van der Waals surface area contributed by atoms with Crippen molar-refractivity contribution in [1.29, 1.82) is 0 Å². The van der Waals surface area contributed by atoms with Crippen LogP contribution in [0.15, 0.2) is 0 Å². The molecule has 5 nitrogen and oxygen atoms in total. The molecule has 114 valence electrons. The van der Waals surface area contributed by atoms with Crippen molar-refractivity contribution < 1.29 is 14.7 Å². The first kappa shape index (κ1) is 15.1. The summed E-state index contributed by atoms with van der Waals surface area (Å²) in [5, 5.41) is 12.5. The Morgan fingerprint density at radius 3 is 2.55 bits per heavy atom. The first-order chi connectivity index (χ1) is 9.31. The molecule has 0 aromatic rings. The van der Waals surface area contributed by atoms with Crippen molar-refractivity contribution in [3.05, 3.63) is 0 Å². The molecule has 1 saturated carbocycles. The van der Waals surface area contributed by atoms with Gasteiger partial charge in [0.15, 0.2) is 0 Å². The number of urea groups is 1. The Balaban J connectivity index is 2.01. The first-order valence-electron chi connectivity index (χ1n) is 7.61. The van der Waals surface area contributed by atoms with Gasteiger partial charge in [-0.2, -0.15) is 0 Å². The molecular formula is C15H26N2O3. The number of carbonyl (C=O) groups is 2. The van der Waals surface area contributed by atoms with Gasteiger partial charge in [0.2, 0.25) is 0 Å². The number of nitrogens with zero attached hydrogens (tertiary/aromatic N) is 1. The number of hydrogen-bond donors (Lipinski definition) is 2. The molecule has 0 aromatic carbocycles. The Bertz CT molecular complexity index is 404. The molecule has 1 aliphatic heterocycles. The van der Waals surface area contributed by atoms with Gasteiger partial charge in [0.1, 0.15) is 0 Å². The number of piperidine rings is 1. The zero-order valence-corrected chi connectivity index (χ0v) is 12.7. The number of carboxylic acids is 1.